The highest BCUT2D eigenvalue weighted by atomic mass is 32.2. The summed E-state index contributed by atoms with van der Waals surface area (Å²) in [6.45, 7) is 4.27. The molecule has 12 heteroatoms. The van der Waals surface area contributed by atoms with Crippen molar-refractivity contribution >= 4 is 23.1 Å². The maximum atomic E-state index is 13.1. The van der Waals surface area contributed by atoms with Gasteiger partial charge in [-0.15, -0.1) is 4.09 Å². The molecule has 27 heavy (non-hydrogen) atoms. The molecule has 1 heterocycles. The van der Waals surface area contributed by atoms with E-state index in [0.717, 1.165) is 5.56 Å². The van der Waals surface area contributed by atoms with Crippen LogP contribution in [0.3, 0.4) is 0 Å². The van der Waals surface area contributed by atoms with Crippen LogP contribution < -0.4 is 5.44 Å². The summed E-state index contributed by atoms with van der Waals surface area (Å²) in [4.78, 5) is -0.314. The molecule has 0 aliphatic heterocycles. The van der Waals surface area contributed by atoms with E-state index in [4.69, 9.17) is 9.05 Å². The molecule has 0 atom stereocenters. The molecule has 2 rings (SSSR count). The van der Waals surface area contributed by atoms with Crippen LogP contribution in [0.15, 0.2) is 35.2 Å². The number of halogens is 3. The summed E-state index contributed by atoms with van der Waals surface area (Å²) < 4.78 is 88.2. The van der Waals surface area contributed by atoms with Gasteiger partial charge in [-0.2, -0.15) is 26.7 Å². The van der Waals surface area contributed by atoms with Gasteiger partial charge < -0.3 is 9.05 Å². The third kappa shape index (κ3) is 4.43. The van der Waals surface area contributed by atoms with Gasteiger partial charge in [-0.05, 0) is 32.9 Å². The second-order valence-electron chi connectivity index (χ2n) is 5.38. The van der Waals surface area contributed by atoms with Crippen LogP contribution in [0.4, 0.5) is 13.2 Å². The van der Waals surface area contributed by atoms with Crippen molar-refractivity contribution in [1.82, 2.24) is 9.19 Å². The molecule has 150 valence electrons. The summed E-state index contributed by atoms with van der Waals surface area (Å²) >= 11 is 0. The molecule has 0 bridgehead atoms. The van der Waals surface area contributed by atoms with Crippen LogP contribution >= 0.6 is 7.60 Å². The average molecular weight is 426 g/mol. The van der Waals surface area contributed by atoms with E-state index in [1.165, 1.54) is 38.1 Å². The van der Waals surface area contributed by atoms with E-state index in [1.54, 1.807) is 6.92 Å². The SMILES string of the molecule is CCOP(=O)(OCC)c1cc(C(F)(F)F)nn1S(=O)(=O)c1ccc(C)cc1. The Morgan fingerprint density at radius 1 is 1.11 bits per heavy atom. The fraction of sp³-hybridized carbons (Fsp3) is 0.400. The smallest absolute Gasteiger partial charge is 0.304 e. The van der Waals surface area contributed by atoms with Gasteiger partial charge in [-0.1, -0.05) is 17.7 Å². The molecule has 0 radical (unpaired) electrons. The lowest BCUT2D eigenvalue weighted by Gasteiger charge is -2.18. The van der Waals surface area contributed by atoms with Crippen molar-refractivity contribution in [3.05, 3.63) is 41.6 Å². The number of hydrogen-bond donors (Lipinski definition) is 0. The Kier molecular flexibility index (Phi) is 6.20. The van der Waals surface area contributed by atoms with Gasteiger partial charge in [-0.3, -0.25) is 4.57 Å². The predicted octanol–water partition coefficient (Wildman–Crippen LogP) is 3.34. The van der Waals surface area contributed by atoms with Crippen LogP contribution in [0.5, 0.6) is 0 Å². The largest absolute Gasteiger partial charge is 0.435 e. The third-order valence-electron chi connectivity index (χ3n) is 3.38. The number of benzene rings is 1. The van der Waals surface area contributed by atoms with Crippen molar-refractivity contribution in [3.63, 3.8) is 0 Å². The summed E-state index contributed by atoms with van der Waals surface area (Å²) in [6, 6.07) is 5.76. The molecule has 0 amide bonds. The average Bonchev–Trinajstić information content (AvgIpc) is 3.03. The monoisotopic (exact) mass is 426 g/mol. The normalized spacial score (nSPS) is 13.1. The minimum atomic E-state index is -4.95. The summed E-state index contributed by atoms with van der Waals surface area (Å²) in [5, 5.41) is 3.15. The number of rotatable bonds is 7. The first-order valence-corrected chi connectivity index (χ1v) is 10.8. The molecular weight excluding hydrogens is 408 g/mol. The molecule has 0 saturated heterocycles. The second kappa shape index (κ2) is 7.75. The Morgan fingerprint density at radius 2 is 1.63 bits per heavy atom. The van der Waals surface area contributed by atoms with Crippen molar-refractivity contribution in [1.29, 1.82) is 0 Å². The highest BCUT2D eigenvalue weighted by molar-refractivity contribution is 7.90. The quantitative estimate of drug-likeness (QED) is 0.631. The second-order valence-corrected chi connectivity index (χ2v) is 9.12. The van der Waals surface area contributed by atoms with Gasteiger partial charge in [-0.25, -0.2) is 0 Å². The molecule has 0 spiro atoms. The number of aryl methyl sites for hydroxylation is 1. The number of hydrogen-bond acceptors (Lipinski definition) is 6. The highest BCUT2D eigenvalue weighted by Gasteiger charge is 2.42. The number of alkyl halides is 3. The minimum Gasteiger partial charge on any atom is -0.304 e. The van der Waals surface area contributed by atoms with Crippen LogP contribution in [-0.2, 0) is 29.8 Å². The summed E-state index contributed by atoms with van der Waals surface area (Å²) in [7, 11) is -8.94. The summed E-state index contributed by atoms with van der Waals surface area (Å²) in [5.74, 6) is 0. The first-order chi connectivity index (χ1) is 12.5. The van der Waals surface area contributed by atoms with Crippen molar-refractivity contribution in [2.45, 2.75) is 31.8 Å². The standard InChI is InChI=1S/C15H18F3N2O5PS/c1-4-24-26(21,25-5-2)14-10-13(15(16,17)18)19-20(14)27(22,23)12-8-6-11(3)7-9-12/h6-10H,4-5H2,1-3H3. The van der Waals surface area contributed by atoms with Crippen molar-refractivity contribution < 1.29 is 35.2 Å². The van der Waals surface area contributed by atoms with Crippen LogP contribution in [0.1, 0.15) is 25.1 Å². The molecule has 0 aliphatic rings. The lowest BCUT2D eigenvalue weighted by atomic mass is 10.2. The zero-order valence-corrected chi connectivity index (χ0v) is 16.4. The molecule has 7 nitrogen and oxygen atoms in total. The summed E-state index contributed by atoms with van der Waals surface area (Å²) in [5.41, 5.74) is -1.58. The lowest BCUT2D eigenvalue weighted by molar-refractivity contribution is -0.141. The van der Waals surface area contributed by atoms with E-state index in [9.17, 15) is 26.2 Å². The molecule has 2 aromatic rings. The van der Waals surface area contributed by atoms with E-state index in [0.29, 0.717) is 6.07 Å². The third-order valence-corrected chi connectivity index (χ3v) is 7.19. The maximum absolute atomic E-state index is 13.1. The fourth-order valence-corrected chi connectivity index (χ4v) is 5.52. The molecule has 0 saturated carbocycles. The Balaban J connectivity index is 2.76. The van der Waals surface area contributed by atoms with Crippen molar-refractivity contribution in [3.8, 4) is 0 Å². The molecular formula is C15H18F3N2O5PS. The van der Waals surface area contributed by atoms with E-state index >= 15 is 0 Å². The van der Waals surface area contributed by atoms with Gasteiger partial charge in [0.2, 0.25) is 0 Å². The molecule has 1 aromatic heterocycles. The Bertz CT molecular complexity index is 945. The first kappa shape index (κ1) is 21.6. The number of aromatic nitrogens is 2. The molecule has 1 aromatic carbocycles. The van der Waals surface area contributed by atoms with Gasteiger partial charge in [0.15, 0.2) is 11.1 Å². The first-order valence-electron chi connectivity index (χ1n) is 7.85. The molecule has 0 N–H and O–H groups in total. The van der Waals surface area contributed by atoms with Crippen molar-refractivity contribution in [2.75, 3.05) is 13.2 Å². The zero-order chi connectivity index (χ0) is 20.5. The Hall–Kier alpha value is -1.68. The van der Waals surface area contributed by atoms with E-state index in [2.05, 4.69) is 5.10 Å². The zero-order valence-electron chi connectivity index (χ0n) is 14.7. The maximum Gasteiger partial charge on any atom is 0.435 e. The topological polar surface area (TPSA) is 87.5 Å². The van der Waals surface area contributed by atoms with Crippen LogP contribution in [0, 0.1) is 6.92 Å². The van der Waals surface area contributed by atoms with E-state index in [-0.39, 0.29) is 22.2 Å². The molecule has 0 unspecified atom stereocenters. The minimum absolute atomic E-state index is 0.0760. The highest BCUT2D eigenvalue weighted by Crippen LogP contribution is 2.48. The fourth-order valence-electron chi connectivity index (χ4n) is 2.17. The van der Waals surface area contributed by atoms with E-state index in [1.807, 2.05) is 0 Å². The van der Waals surface area contributed by atoms with Gasteiger partial charge in [0.25, 0.3) is 10.0 Å². The van der Waals surface area contributed by atoms with Crippen LogP contribution in [0.25, 0.3) is 0 Å². The molecule has 0 fully saturated rings. The number of nitrogens with zero attached hydrogens (tertiary/aromatic N) is 2. The van der Waals surface area contributed by atoms with Crippen molar-refractivity contribution in [2.24, 2.45) is 0 Å². The van der Waals surface area contributed by atoms with Gasteiger partial charge in [0, 0.05) is 6.07 Å². The van der Waals surface area contributed by atoms with Gasteiger partial charge in [0.05, 0.1) is 18.1 Å². The van der Waals surface area contributed by atoms with Crippen LogP contribution in [-0.4, -0.2) is 30.8 Å². The Morgan fingerprint density at radius 3 is 2.07 bits per heavy atom. The molecule has 0 aliphatic carbocycles. The lowest BCUT2D eigenvalue weighted by Crippen LogP contribution is -2.28. The van der Waals surface area contributed by atoms with E-state index < -0.39 is 34.9 Å². The predicted molar refractivity (Wildman–Crippen MR) is 91.5 cm³/mol. The van der Waals surface area contributed by atoms with Gasteiger partial charge >= 0.3 is 13.8 Å². The van der Waals surface area contributed by atoms with Gasteiger partial charge in [0.1, 0.15) is 0 Å². The summed E-state index contributed by atoms with van der Waals surface area (Å²) in [6.07, 6.45) is -4.95. The van der Waals surface area contributed by atoms with Crippen LogP contribution in [0.2, 0.25) is 0 Å². The Labute approximate surface area is 154 Å².